The molecule has 5 heteroatoms. The molecule has 0 fully saturated rings. The Morgan fingerprint density at radius 2 is 1.94 bits per heavy atom. The smallest absolute Gasteiger partial charge is 0.225 e. The summed E-state index contributed by atoms with van der Waals surface area (Å²) in [5.74, 6) is 0.632. The molecule has 0 bridgehead atoms. The van der Waals surface area contributed by atoms with E-state index in [1.807, 2.05) is 31.9 Å². The summed E-state index contributed by atoms with van der Waals surface area (Å²) in [6.45, 7) is 4.63. The molecular weight excluding hydrogens is 206 g/mol. The third kappa shape index (κ3) is 3.75. The Morgan fingerprint density at radius 1 is 1.38 bits per heavy atom. The van der Waals surface area contributed by atoms with Crippen molar-refractivity contribution in [1.82, 2.24) is 9.97 Å². The van der Waals surface area contributed by atoms with Crippen LogP contribution in [0.15, 0.2) is 6.07 Å². The molecule has 0 radical (unpaired) electrons. The molecule has 90 valence electrons. The Morgan fingerprint density at radius 3 is 2.44 bits per heavy atom. The number of likely N-dealkylation sites (N-methyl/N-ethyl adjacent to an activating group) is 1. The van der Waals surface area contributed by atoms with Crippen LogP contribution < -0.4 is 4.90 Å². The maximum absolute atomic E-state index is 9.60. The molecule has 0 aliphatic rings. The van der Waals surface area contributed by atoms with Crippen molar-refractivity contribution in [2.24, 2.45) is 0 Å². The highest BCUT2D eigenvalue weighted by molar-refractivity contribution is 5.30. The Labute approximate surface area is 96.1 Å². The van der Waals surface area contributed by atoms with Crippen LogP contribution in [0.1, 0.15) is 11.4 Å². The highest BCUT2D eigenvalue weighted by Gasteiger charge is 2.11. The van der Waals surface area contributed by atoms with Crippen LogP contribution in [0, 0.1) is 13.8 Å². The predicted molar refractivity (Wildman–Crippen MR) is 62.7 cm³/mol. The molecular formula is C11H19N3O2. The van der Waals surface area contributed by atoms with E-state index in [9.17, 15) is 5.11 Å². The number of aliphatic hydroxyl groups excluding tert-OH is 1. The quantitative estimate of drug-likeness (QED) is 0.792. The monoisotopic (exact) mass is 225 g/mol. The molecule has 1 heterocycles. The van der Waals surface area contributed by atoms with Crippen LogP contribution >= 0.6 is 0 Å². The summed E-state index contributed by atoms with van der Waals surface area (Å²) in [6, 6.07) is 1.92. The van der Waals surface area contributed by atoms with E-state index in [0.29, 0.717) is 19.1 Å². The van der Waals surface area contributed by atoms with Crippen molar-refractivity contribution < 1.29 is 9.84 Å². The van der Waals surface area contributed by atoms with Crippen molar-refractivity contribution in [2.75, 3.05) is 32.2 Å². The summed E-state index contributed by atoms with van der Waals surface area (Å²) >= 11 is 0. The van der Waals surface area contributed by atoms with Gasteiger partial charge in [-0.05, 0) is 19.9 Å². The zero-order valence-corrected chi connectivity index (χ0v) is 10.3. The van der Waals surface area contributed by atoms with E-state index >= 15 is 0 Å². The number of ether oxygens (including phenoxy) is 1. The van der Waals surface area contributed by atoms with Crippen molar-refractivity contribution >= 4 is 5.95 Å². The van der Waals surface area contributed by atoms with Gasteiger partial charge in [0, 0.05) is 32.1 Å². The number of aryl methyl sites for hydroxylation is 2. The number of methoxy groups -OCH3 is 1. The van der Waals surface area contributed by atoms with Crippen LogP contribution in [0.5, 0.6) is 0 Å². The summed E-state index contributed by atoms with van der Waals surface area (Å²) in [4.78, 5) is 10.4. The fourth-order valence-corrected chi connectivity index (χ4v) is 1.52. The van der Waals surface area contributed by atoms with E-state index in [1.54, 1.807) is 7.11 Å². The van der Waals surface area contributed by atoms with Crippen LogP contribution in [-0.2, 0) is 4.74 Å². The van der Waals surface area contributed by atoms with Crippen molar-refractivity contribution in [3.63, 3.8) is 0 Å². The average molecular weight is 225 g/mol. The maximum atomic E-state index is 9.60. The van der Waals surface area contributed by atoms with Gasteiger partial charge in [-0.25, -0.2) is 9.97 Å². The fourth-order valence-electron chi connectivity index (χ4n) is 1.52. The van der Waals surface area contributed by atoms with Gasteiger partial charge in [-0.2, -0.15) is 0 Å². The van der Waals surface area contributed by atoms with Crippen molar-refractivity contribution in [2.45, 2.75) is 20.0 Å². The Hall–Kier alpha value is -1.20. The first-order valence-electron chi connectivity index (χ1n) is 5.23. The molecule has 0 spiro atoms. The second-order valence-electron chi connectivity index (χ2n) is 3.94. The third-order valence-electron chi connectivity index (χ3n) is 2.16. The summed E-state index contributed by atoms with van der Waals surface area (Å²) in [5, 5.41) is 9.60. The molecule has 0 saturated heterocycles. The Bertz CT molecular complexity index is 324. The number of aliphatic hydroxyl groups is 1. The van der Waals surface area contributed by atoms with Gasteiger partial charge in [0.1, 0.15) is 0 Å². The molecule has 1 aromatic heterocycles. The van der Waals surface area contributed by atoms with Gasteiger partial charge in [0.15, 0.2) is 0 Å². The number of hydrogen-bond acceptors (Lipinski definition) is 5. The minimum atomic E-state index is -0.528. The minimum Gasteiger partial charge on any atom is -0.389 e. The fraction of sp³-hybridized carbons (Fsp3) is 0.636. The summed E-state index contributed by atoms with van der Waals surface area (Å²) in [5.41, 5.74) is 1.85. The lowest BCUT2D eigenvalue weighted by atomic mass is 10.3. The lowest BCUT2D eigenvalue weighted by molar-refractivity contribution is 0.0693. The number of hydrogen-bond donors (Lipinski definition) is 1. The van der Waals surface area contributed by atoms with E-state index in [-0.39, 0.29) is 0 Å². The van der Waals surface area contributed by atoms with Gasteiger partial charge in [-0.3, -0.25) is 0 Å². The van der Waals surface area contributed by atoms with Gasteiger partial charge in [0.25, 0.3) is 0 Å². The first-order chi connectivity index (χ1) is 7.52. The minimum absolute atomic E-state index is 0.315. The molecule has 0 saturated carbocycles. The van der Waals surface area contributed by atoms with Gasteiger partial charge in [-0.15, -0.1) is 0 Å². The first-order valence-corrected chi connectivity index (χ1v) is 5.23. The second-order valence-corrected chi connectivity index (χ2v) is 3.94. The molecule has 1 N–H and O–H groups in total. The molecule has 1 unspecified atom stereocenters. The van der Waals surface area contributed by atoms with Gasteiger partial charge >= 0.3 is 0 Å². The molecule has 1 atom stereocenters. The topological polar surface area (TPSA) is 58.5 Å². The molecule has 0 aliphatic carbocycles. The molecule has 5 nitrogen and oxygen atoms in total. The number of nitrogens with zero attached hydrogens (tertiary/aromatic N) is 3. The van der Waals surface area contributed by atoms with Crippen LogP contribution in [0.25, 0.3) is 0 Å². The normalized spacial score (nSPS) is 12.6. The number of anilines is 1. The summed E-state index contributed by atoms with van der Waals surface area (Å²) in [7, 11) is 3.42. The Kier molecular flexibility index (Phi) is 4.64. The van der Waals surface area contributed by atoms with Crippen LogP contribution in [0.2, 0.25) is 0 Å². The molecule has 1 rings (SSSR count). The molecule has 0 amide bonds. The molecule has 0 aromatic carbocycles. The molecule has 1 aromatic rings. The zero-order chi connectivity index (χ0) is 12.1. The first kappa shape index (κ1) is 12.9. The van der Waals surface area contributed by atoms with Gasteiger partial charge in [0.05, 0.1) is 12.7 Å². The van der Waals surface area contributed by atoms with Gasteiger partial charge < -0.3 is 14.7 Å². The lowest BCUT2D eigenvalue weighted by Crippen LogP contribution is -2.33. The SMILES string of the molecule is COCC(O)CN(C)c1nc(C)cc(C)n1. The van der Waals surface area contributed by atoms with E-state index in [1.165, 1.54) is 0 Å². The number of aromatic nitrogens is 2. The summed E-state index contributed by atoms with van der Waals surface area (Å²) in [6.07, 6.45) is -0.528. The average Bonchev–Trinajstić information content (AvgIpc) is 2.16. The van der Waals surface area contributed by atoms with Gasteiger partial charge in [0.2, 0.25) is 5.95 Å². The molecule has 0 aliphatic heterocycles. The zero-order valence-electron chi connectivity index (χ0n) is 10.3. The second kappa shape index (κ2) is 5.77. The van der Waals surface area contributed by atoms with Crippen LogP contribution in [0.3, 0.4) is 0 Å². The lowest BCUT2D eigenvalue weighted by Gasteiger charge is -2.20. The number of rotatable bonds is 5. The maximum Gasteiger partial charge on any atom is 0.225 e. The van der Waals surface area contributed by atoms with E-state index in [0.717, 1.165) is 11.4 Å². The highest BCUT2D eigenvalue weighted by Crippen LogP contribution is 2.08. The van der Waals surface area contributed by atoms with E-state index in [4.69, 9.17) is 4.74 Å². The standard InChI is InChI=1S/C11H19N3O2/c1-8-5-9(2)13-11(12-8)14(3)6-10(15)7-16-4/h5,10,15H,6-7H2,1-4H3. The van der Waals surface area contributed by atoms with Crippen molar-refractivity contribution in [1.29, 1.82) is 0 Å². The Balaban J connectivity index is 2.68. The van der Waals surface area contributed by atoms with Gasteiger partial charge in [-0.1, -0.05) is 0 Å². The third-order valence-corrected chi connectivity index (χ3v) is 2.16. The molecule has 16 heavy (non-hydrogen) atoms. The van der Waals surface area contributed by atoms with Crippen molar-refractivity contribution in [3.05, 3.63) is 17.5 Å². The van der Waals surface area contributed by atoms with Crippen molar-refractivity contribution in [3.8, 4) is 0 Å². The largest absolute Gasteiger partial charge is 0.389 e. The van der Waals surface area contributed by atoms with Crippen LogP contribution in [-0.4, -0.2) is 48.5 Å². The van der Waals surface area contributed by atoms with E-state index < -0.39 is 6.10 Å². The predicted octanol–water partition coefficient (Wildman–Crippen LogP) is 0.537. The highest BCUT2D eigenvalue weighted by atomic mass is 16.5. The van der Waals surface area contributed by atoms with E-state index in [2.05, 4.69) is 9.97 Å². The van der Waals surface area contributed by atoms with Crippen LogP contribution in [0.4, 0.5) is 5.95 Å². The summed E-state index contributed by atoms with van der Waals surface area (Å²) < 4.78 is 4.87.